The van der Waals surface area contributed by atoms with Gasteiger partial charge < -0.3 is 10.6 Å². The maximum absolute atomic E-state index is 13.3. The number of fused-ring (bicyclic) bond motifs is 1. The summed E-state index contributed by atoms with van der Waals surface area (Å²) in [6.07, 6.45) is 0.753. The highest BCUT2D eigenvalue weighted by atomic mass is 32.1. The molecule has 4 aromatic rings. The second kappa shape index (κ2) is 8.77. The molecule has 0 aliphatic heterocycles. The van der Waals surface area contributed by atoms with Crippen molar-refractivity contribution < 1.29 is 14.0 Å². The molecule has 0 spiro atoms. The molecule has 2 amide bonds. The normalized spacial score (nSPS) is 10.9. The molecule has 0 saturated heterocycles. The summed E-state index contributed by atoms with van der Waals surface area (Å²) in [6.45, 7) is 2.36. The van der Waals surface area contributed by atoms with Crippen LogP contribution >= 0.6 is 22.7 Å². The Balaban J connectivity index is 1.37. The van der Waals surface area contributed by atoms with Crippen LogP contribution < -0.4 is 10.6 Å². The number of hydrogen-bond acceptors (Lipinski definition) is 4. The lowest BCUT2D eigenvalue weighted by Gasteiger charge is -2.04. The first-order chi connectivity index (χ1) is 14.5. The van der Waals surface area contributed by atoms with E-state index >= 15 is 0 Å². The average molecular weight is 439 g/mol. The van der Waals surface area contributed by atoms with Crippen LogP contribution in [0.25, 0.3) is 10.1 Å². The van der Waals surface area contributed by atoms with Crippen molar-refractivity contribution >= 4 is 49.6 Å². The molecule has 0 aliphatic carbocycles. The van der Waals surface area contributed by atoms with Crippen LogP contribution in [0, 0.1) is 12.7 Å². The summed E-state index contributed by atoms with van der Waals surface area (Å²) in [6, 6.07) is 15.5. The van der Waals surface area contributed by atoms with Gasteiger partial charge in [-0.2, -0.15) is 0 Å². The predicted molar refractivity (Wildman–Crippen MR) is 121 cm³/mol. The molecule has 0 aliphatic rings. The number of rotatable bonds is 6. The molecule has 2 aromatic carbocycles. The fourth-order valence-corrected chi connectivity index (χ4v) is 5.18. The first-order valence-corrected chi connectivity index (χ1v) is 11.1. The lowest BCUT2D eigenvalue weighted by molar-refractivity contribution is 0.0956. The number of carbonyl (C=O) groups is 2. The molecule has 2 heterocycles. The van der Waals surface area contributed by atoms with Gasteiger partial charge in [0.2, 0.25) is 0 Å². The molecule has 30 heavy (non-hydrogen) atoms. The van der Waals surface area contributed by atoms with Gasteiger partial charge in [-0.05, 0) is 65.6 Å². The van der Waals surface area contributed by atoms with Gasteiger partial charge in [-0.3, -0.25) is 9.59 Å². The lowest BCUT2D eigenvalue weighted by atomic mass is 10.1. The molecule has 7 heteroatoms. The zero-order valence-electron chi connectivity index (χ0n) is 16.2. The highest BCUT2D eigenvalue weighted by Crippen LogP contribution is 2.28. The molecule has 0 saturated carbocycles. The lowest BCUT2D eigenvalue weighted by Crippen LogP contribution is -2.25. The molecule has 4 nitrogen and oxygen atoms in total. The maximum atomic E-state index is 13.3. The van der Waals surface area contributed by atoms with Gasteiger partial charge in [-0.25, -0.2) is 4.39 Å². The zero-order valence-corrected chi connectivity index (χ0v) is 17.8. The van der Waals surface area contributed by atoms with Crippen molar-refractivity contribution in [2.75, 3.05) is 11.9 Å². The van der Waals surface area contributed by atoms with Gasteiger partial charge in [0.25, 0.3) is 11.8 Å². The first-order valence-electron chi connectivity index (χ1n) is 9.42. The summed E-state index contributed by atoms with van der Waals surface area (Å²) in [4.78, 5) is 25.5. The Hall–Kier alpha value is -3.03. The van der Waals surface area contributed by atoms with Crippen LogP contribution in [0.15, 0.2) is 60.0 Å². The summed E-state index contributed by atoms with van der Waals surface area (Å²) in [5, 5.41) is 9.61. The van der Waals surface area contributed by atoms with Crippen molar-refractivity contribution in [1.29, 1.82) is 0 Å². The number of hydrogen-bond donors (Lipinski definition) is 2. The SMILES string of the molecule is Cc1cc(NC(=O)c2cccc(F)c2)sc1C(=O)NCCc1csc2ccccc12. The van der Waals surface area contributed by atoms with Crippen LogP contribution in [-0.2, 0) is 6.42 Å². The summed E-state index contributed by atoms with van der Waals surface area (Å²) >= 11 is 2.91. The molecular weight excluding hydrogens is 419 g/mol. The van der Waals surface area contributed by atoms with E-state index in [4.69, 9.17) is 0 Å². The molecule has 2 aromatic heterocycles. The highest BCUT2D eigenvalue weighted by Gasteiger charge is 2.16. The van der Waals surface area contributed by atoms with Crippen LogP contribution in [0.4, 0.5) is 9.39 Å². The van der Waals surface area contributed by atoms with E-state index in [2.05, 4.69) is 28.1 Å². The summed E-state index contributed by atoms with van der Waals surface area (Å²) in [5.41, 5.74) is 2.24. The Kier molecular flexibility index (Phi) is 5.92. The largest absolute Gasteiger partial charge is 0.351 e. The first kappa shape index (κ1) is 20.3. The van der Waals surface area contributed by atoms with Crippen molar-refractivity contribution in [2.45, 2.75) is 13.3 Å². The van der Waals surface area contributed by atoms with Crippen LogP contribution in [-0.4, -0.2) is 18.4 Å². The molecule has 0 bridgehead atoms. The van der Waals surface area contributed by atoms with E-state index in [1.165, 1.54) is 45.2 Å². The molecule has 4 rings (SSSR count). The van der Waals surface area contributed by atoms with E-state index in [0.29, 0.717) is 16.4 Å². The number of halogens is 1. The van der Waals surface area contributed by atoms with Gasteiger partial charge in [-0.15, -0.1) is 22.7 Å². The van der Waals surface area contributed by atoms with E-state index in [1.807, 2.05) is 19.1 Å². The van der Waals surface area contributed by atoms with Gasteiger partial charge in [0.15, 0.2) is 0 Å². The minimum absolute atomic E-state index is 0.164. The Morgan fingerprint density at radius 3 is 2.70 bits per heavy atom. The smallest absolute Gasteiger partial charge is 0.261 e. The third-order valence-electron chi connectivity index (χ3n) is 4.69. The van der Waals surface area contributed by atoms with Crippen molar-refractivity contribution in [3.05, 3.63) is 87.4 Å². The predicted octanol–water partition coefficient (Wildman–Crippen LogP) is 5.64. The van der Waals surface area contributed by atoms with Crippen molar-refractivity contribution in [1.82, 2.24) is 5.32 Å². The number of benzene rings is 2. The Morgan fingerprint density at radius 1 is 1.03 bits per heavy atom. The van der Waals surface area contributed by atoms with E-state index in [1.54, 1.807) is 23.5 Å². The quantitative estimate of drug-likeness (QED) is 0.410. The van der Waals surface area contributed by atoms with Crippen molar-refractivity contribution in [3.8, 4) is 0 Å². The van der Waals surface area contributed by atoms with Gasteiger partial charge >= 0.3 is 0 Å². The van der Waals surface area contributed by atoms with Gasteiger partial charge in [-0.1, -0.05) is 24.3 Å². The van der Waals surface area contributed by atoms with Crippen LogP contribution in [0.1, 0.15) is 31.2 Å². The molecule has 0 fully saturated rings. The second-order valence-corrected chi connectivity index (χ2v) is 8.81. The van der Waals surface area contributed by atoms with E-state index in [9.17, 15) is 14.0 Å². The standard InChI is InChI=1S/C23H19FN2O2S2/c1-14-11-20(26-22(27)15-5-4-6-17(24)12-15)30-21(14)23(28)25-10-9-16-13-29-19-8-3-2-7-18(16)19/h2-8,11-13H,9-10H2,1H3,(H,25,28)(H,26,27). The number of carbonyl (C=O) groups excluding carboxylic acids is 2. The number of amides is 2. The second-order valence-electron chi connectivity index (χ2n) is 6.85. The molecule has 2 N–H and O–H groups in total. The number of anilines is 1. The highest BCUT2D eigenvalue weighted by molar-refractivity contribution is 7.18. The monoisotopic (exact) mass is 438 g/mol. The fraction of sp³-hybridized carbons (Fsp3) is 0.130. The Bertz CT molecular complexity index is 1230. The molecule has 152 valence electrons. The summed E-state index contributed by atoms with van der Waals surface area (Å²) < 4.78 is 14.6. The van der Waals surface area contributed by atoms with E-state index in [-0.39, 0.29) is 11.5 Å². The van der Waals surface area contributed by atoms with Gasteiger partial charge in [0.1, 0.15) is 5.82 Å². The van der Waals surface area contributed by atoms with Crippen molar-refractivity contribution in [2.24, 2.45) is 0 Å². The minimum atomic E-state index is -0.469. The third-order valence-corrected chi connectivity index (χ3v) is 6.85. The van der Waals surface area contributed by atoms with Gasteiger partial charge in [0.05, 0.1) is 9.88 Å². The fourth-order valence-electron chi connectivity index (χ4n) is 3.20. The summed E-state index contributed by atoms with van der Waals surface area (Å²) in [5.74, 6) is -1.04. The third kappa shape index (κ3) is 4.42. The Labute approximate surface area is 181 Å². The molecular formula is C23H19FN2O2S2. The van der Waals surface area contributed by atoms with Crippen LogP contribution in [0.2, 0.25) is 0 Å². The van der Waals surface area contributed by atoms with Crippen molar-refractivity contribution in [3.63, 3.8) is 0 Å². The number of thiophene rings is 2. The van der Waals surface area contributed by atoms with E-state index < -0.39 is 11.7 Å². The molecule has 0 unspecified atom stereocenters. The molecule has 0 radical (unpaired) electrons. The van der Waals surface area contributed by atoms with E-state index in [0.717, 1.165) is 12.0 Å². The zero-order chi connectivity index (χ0) is 21.1. The Morgan fingerprint density at radius 2 is 1.87 bits per heavy atom. The summed E-state index contributed by atoms with van der Waals surface area (Å²) in [7, 11) is 0. The average Bonchev–Trinajstić information content (AvgIpc) is 3.31. The number of aryl methyl sites for hydroxylation is 1. The number of nitrogens with one attached hydrogen (secondary N) is 2. The maximum Gasteiger partial charge on any atom is 0.261 e. The van der Waals surface area contributed by atoms with Crippen LogP contribution in [0.5, 0.6) is 0 Å². The minimum Gasteiger partial charge on any atom is -0.351 e. The van der Waals surface area contributed by atoms with Crippen LogP contribution in [0.3, 0.4) is 0 Å². The topological polar surface area (TPSA) is 58.2 Å². The molecule has 0 atom stereocenters. The van der Waals surface area contributed by atoms with Gasteiger partial charge in [0, 0.05) is 16.8 Å².